The van der Waals surface area contributed by atoms with Crippen molar-refractivity contribution in [1.29, 1.82) is 0 Å². The van der Waals surface area contributed by atoms with Gasteiger partial charge in [-0.3, -0.25) is 0 Å². The van der Waals surface area contributed by atoms with Crippen molar-refractivity contribution in [2.45, 2.75) is 12.5 Å². The van der Waals surface area contributed by atoms with Gasteiger partial charge in [0.15, 0.2) is 0 Å². The van der Waals surface area contributed by atoms with Crippen molar-refractivity contribution in [2.24, 2.45) is 0 Å². The molecular weight excluding hydrogens is 206 g/mol. The summed E-state index contributed by atoms with van der Waals surface area (Å²) >= 11 is 2.76. The van der Waals surface area contributed by atoms with E-state index in [1.807, 2.05) is 10.8 Å². The van der Waals surface area contributed by atoms with Crippen LogP contribution in [0.25, 0.3) is 0 Å². The third-order valence-corrected chi connectivity index (χ3v) is 2.76. The maximum absolute atomic E-state index is 9.66. The quantitative estimate of drug-likeness (QED) is 0.834. The first-order valence-electron chi connectivity index (χ1n) is 3.68. The fraction of sp³-hybridized carbons (Fsp3) is 0.286. The SMILES string of the molecule is OC(Cc1csnn1)c1cscn1. The second-order valence-corrected chi connectivity index (χ2v) is 3.86. The van der Waals surface area contributed by atoms with E-state index in [1.165, 1.54) is 22.9 Å². The molecule has 2 heterocycles. The molecule has 0 bridgehead atoms. The molecule has 6 heteroatoms. The van der Waals surface area contributed by atoms with Crippen molar-refractivity contribution < 1.29 is 5.11 Å². The Kier molecular flexibility index (Phi) is 2.62. The summed E-state index contributed by atoms with van der Waals surface area (Å²) in [6.45, 7) is 0. The smallest absolute Gasteiger partial charge is 0.102 e. The van der Waals surface area contributed by atoms with E-state index in [4.69, 9.17) is 0 Å². The largest absolute Gasteiger partial charge is 0.386 e. The lowest BCUT2D eigenvalue weighted by molar-refractivity contribution is 0.173. The van der Waals surface area contributed by atoms with E-state index in [0.717, 1.165) is 5.69 Å². The predicted molar refractivity (Wildman–Crippen MR) is 50.7 cm³/mol. The molecule has 68 valence electrons. The van der Waals surface area contributed by atoms with E-state index >= 15 is 0 Å². The van der Waals surface area contributed by atoms with Crippen LogP contribution in [0.2, 0.25) is 0 Å². The van der Waals surface area contributed by atoms with Crippen molar-refractivity contribution >= 4 is 22.9 Å². The summed E-state index contributed by atoms with van der Waals surface area (Å²) in [4.78, 5) is 4.02. The minimum atomic E-state index is -0.560. The third kappa shape index (κ3) is 2.09. The molecule has 0 spiro atoms. The maximum Gasteiger partial charge on any atom is 0.102 e. The van der Waals surface area contributed by atoms with E-state index in [0.29, 0.717) is 12.1 Å². The molecule has 0 fully saturated rings. The average molecular weight is 213 g/mol. The van der Waals surface area contributed by atoms with E-state index < -0.39 is 6.10 Å². The monoisotopic (exact) mass is 213 g/mol. The molecule has 4 nitrogen and oxygen atoms in total. The van der Waals surface area contributed by atoms with Gasteiger partial charge in [-0.25, -0.2) is 4.98 Å². The van der Waals surface area contributed by atoms with Crippen LogP contribution in [0.4, 0.5) is 0 Å². The highest BCUT2D eigenvalue weighted by atomic mass is 32.1. The molecule has 0 saturated carbocycles. The first-order chi connectivity index (χ1) is 6.36. The van der Waals surface area contributed by atoms with Crippen LogP contribution in [0, 0.1) is 0 Å². The van der Waals surface area contributed by atoms with Gasteiger partial charge in [0.1, 0.15) is 6.10 Å². The molecule has 2 aromatic rings. The van der Waals surface area contributed by atoms with Crippen LogP contribution in [-0.2, 0) is 6.42 Å². The number of thiazole rings is 1. The van der Waals surface area contributed by atoms with Crippen LogP contribution in [-0.4, -0.2) is 19.7 Å². The lowest BCUT2D eigenvalue weighted by atomic mass is 10.2. The van der Waals surface area contributed by atoms with Crippen molar-refractivity contribution in [3.63, 3.8) is 0 Å². The number of aliphatic hydroxyl groups is 1. The fourth-order valence-electron chi connectivity index (χ4n) is 0.962. The number of aromatic nitrogens is 3. The first kappa shape index (κ1) is 8.74. The predicted octanol–water partition coefficient (Wildman–Crippen LogP) is 1.27. The van der Waals surface area contributed by atoms with Crippen LogP contribution in [0.1, 0.15) is 17.5 Å². The fourth-order valence-corrected chi connectivity index (χ4v) is 2.03. The van der Waals surface area contributed by atoms with Crippen molar-refractivity contribution in [1.82, 2.24) is 14.6 Å². The van der Waals surface area contributed by atoms with Gasteiger partial charge in [-0.15, -0.1) is 16.4 Å². The van der Waals surface area contributed by atoms with Gasteiger partial charge in [0.2, 0.25) is 0 Å². The summed E-state index contributed by atoms with van der Waals surface area (Å²) in [6, 6.07) is 0. The van der Waals surface area contributed by atoms with Gasteiger partial charge in [-0.05, 0) is 11.5 Å². The molecule has 1 N–H and O–H groups in total. The van der Waals surface area contributed by atoms with Gasteiger partial charge in [0, 0.05) is 17.2 Å². The maximum atomic E-state index is 9.66. The Labute approximate surface area is 83.1 Å². The Morgan fingerprint density at radius 1 is 1.46 bits per heavy atom. The Balaban J connectivity index is 2.04. The number of nitrogens with zero attached hydrogens (tertiary/aromatic N) is 3. The topological polar surface area (TPSA) is 58.9 Å². The third-order valence-electron chi connectivity index (χ3n) is 1.60. The van der Waals surface area contributed by atoms with Crippen LogP contribution in [0.3, 0.4) is 0 Å². The average Bonchev–Trinajstić information content (AvgIpc) is 2.74. The van der Waals surface area contributed by atoms with Crippen LogP contribution in [0.15, 0.2) is 16.3 Å². The minimum Gasteiger partial charge on any atom is -0.386 e. The Morgan fingerprint density at radius 3 is 3.00 bits per heavy atom. The van der Waals surface area contributed by atoms with Gasteiger partial charge < -0.3 is 5.11 Å². The molecule has 0 aliphatic heterocycles. The Bertz CT molecular complexity index is 346. The summed E-state index contributed by atoms with van der Waals surface area (Å²) in [6.07, 6.45) is -0.0737. The zero-order chi connectivity index (χ0) is 9.10. The minimum absolute atomic E-state index is 0.486. The molecule has 0 aliphatic rings. The summed E-state index contributed by atoms with van der Waals surface area (Å²) in [5.74, 6) is 0. The molecule has 13 heavy (non-hydrogen) atoms. The molecule has 0 radical (unpaired) electrons. The zero-order valence-corrected chi connectivity index (χ0v) is 8.25. The molecule has 2 aromatic heterocycles. The van der Waals surface area contributed by atoms with Gasteiger partial charge >= 0.3 is 0 Å². The van der Waals surface area contributed by atoms with Gasteiger partial charge in [-0.2, -0.15) is 0 Å². The van der Waals surface area contributed by atoms with E-state index in [1.54, 1.807) is 5.51 Å². The Morgan fingerprint density at radius 2 is 2.38 bits per heavy atom. The molecule has 0 saturated heterocycles. The van der Waals surface area contributed by atoms with Gasteiger partial charge in [-0.1, -0.05) is 4.49 Å². The lowest BCUT2D eigenvalue weighted by Crippen LogP contribution is -2.02. The van der Waals surface area contributed by atoms with Gasteiger partial charge in [0.25, 0.3) is 0 Å². The molecule has 0 aromatic carbocycles. The molecule has 0 aliphatic carbocycles. The second-order valence-electron chi connectivity index (χ2n) is 2.53. The molecule has 1 unspecified atom stereocenters. The van der Waals surface area contributed by atoms with Crippen molar-refractivity contribution in [3.05, 3.63) is 27.7 Å². The number of hydrogen-bond acceptors (Lipinski definition) is 6. The highest BCUT2D eigenvalue weighted by Crippen LogP contribution is 2.17. The molecule has 1 atom stereocenters. The Hall–Kier alpha value is -0.850. The summed E-state index contributed by atoms with van der Waals surface area (Å²) < 4.78 is 3.72. The van der Waals surface area contributed by atoms with Crippen molar-refractivity contribution in [3.8, 4) is 0 Å². The molecule has 0 amide bonds. The van der Waals surface area contributed by atoms with E-state index in [2.05, 4.69) is 14.6 Å². The van der Waals surface area contributed by atoms with Crippen LogP contribution < -0.4 is 0 Å². The highest BCUT2D eigenvalue weighted by Gasteiger charge is 2.11. The standard InChI is InChI=1S/C7H7N3OS2/c11-7(6-3-12-4-8-6)1-5-2-13-10-9-5/h2-4,7,11H,1H2. The number of hydrogen-bond donors (Lipinski definition) is 1. The molecular formula is C7H7N3OS2. The highest BCUT2D eigenvalue weighted by molar-refractivity contribution is 7.07. The first-order valence-corrected chi connectivity index (χ1v) is 5.46. The number of aliphatic hydroxyl groups excluding tert-OH is 1. The second kappa shape index (κ2) is 3.91. The normalized spacial score (nSPS) is 13.0. The molecule has 2 rings (SSSR count). The lowest BCUT2D eigenvalue weighted by Gasteiger charge is -2.03. The van der Waals surface area contributed by atoms with E-state index in [-0.39, 0.29) is 0 Å². The van der Waals surface area contributed by atoms with Crippen LogP contribution in [0.5, 0.6) is 0 Å². The van der Waals surface area contributed by atoms with Gasteiger partial charge in [0.05, 0.1) is 16.9 Å². The van der Waals surface area contributed by atoms with Crippen LogP contribution >= 0.6 is 22.9 Å². The summed E-state index contributed by atoms with van der Waals surface area (Å²) in [5.41, 5.74) is 3.22. The summed E-state index contributed by atoms with van der Waals surface area (Å²) in [7, 11) is 0. The van der Waals surface area contributed by atoms with Crippen molar-refractivity contribution in [2.75, 3.05) is 0 Å². The zero-order valence-electron chi connectivity index (χ0n) is 6.62. The van der Waals surface area contributed by atoms with E-state index in [9.17, 15) is 5.11 Å². The summed E-state index contributed by atoms with van der Waals surface area (Å²) in [5, 5.41) is 17.2. The number of rotatable bonds is 3.